The molecule has 0 aliphatic rings. The highest BCUT2D eigenvalue weighted by Crippen LogP contribution is 2.21. The van der Waals surface area contributed by atoms with Gasteiger partial charge in [0.25, 0.3) is 11.6 Å². The summed E-state index contributed by atoms with van der Waals surface area (Å²) in [6.07, 6.45) is 0. The minimum Gasteiger partial charge on any atom is -0.332 e. The lowest BCUT2D eigenvalue weighted by Gasteiger charge is -2.27. The average Bonchev–Trinajstić information content (AvgIpc) is 2.53. The van der Waals surface area contributed by atoms with E-state index in [-0.39, 0.29) is 17.6 Å². The highest BCUT2D eigenvalue weighted by molar-refractivity contribution is 5.95. The van der Waals surface area contributed by atoms with Crippen LogP contribution in [0.4, 0.5) is 5.69 Å². The summed E-state index contributed by atoms with van der Waals surface area (Å²) >= 11 is 0. The standard InChI is InChI=1S/C18H20N2O3/c1-13(2)19(12-15-7-5-4-6-8-15)18(21)16-10-9-14(3)17(11-16)20(22)23/h4-11,13H,12H2,1-3H3. The minimum absolute atomic E-state index is 0.0111. The summed E-state index contributed by atoms with van der Waals surface area (Å²) in [5, 5.41) is 11.1. The van der Waals surface area contributed by atoms with Gasteiger partial charge in [-0.05, 0) is 32.4 Å². The van der Waals surface area contributed by atoms with Crippen LogP contribution < -0.4 is 0 Å². The fourth-order valence-corrected chi connectivity index (χ4v) is 2.37. The first-order chi connectivity index (χ1) is 10.9. The van der Waals surface area contributed by atoms with Gasteiger partial charge in [-0.3, -0.25) is 14.9 Å². The molecule has 0 radical (unpaired) electrons. The van der Waals surface area contributed by atoms with E-state index in [4.69, 9.17) is 0 Å². The van der Waals surface area contributed by atoms with Crippen molar-refractivity contribution in [2.45, 2.75) is 33.4 Å². The molecule has 2 aromatic carbocycles. The molecule has 5 heteroatoms. The van der Waals surface area contributed by atoms with Crippen molar-refractivity contribution in [2.24, 2.45) is 0 Å². The van der Waals surface area contributed by atoms with Crippen molar-refractivity contribution in [3.8, 4) is 0 Å². The van der Waals surface area contributed by atoms with E-state index in [1.54, 1.807) is 24.0 Å². The van der Waals surface area contributed by atoms with Gasteiger partial charge >= 0.3 is 0 Å². The number of carbonyl (C=O) groups excluding carboxylic acids is 1. The molecule has 0 unspecified atom stereocenters. The van der Waals surface area contributed by atoms with E-state index in [2.05, 4.69) is 0 Å². The predicted molar refractivity (Wildman–Crippen MR) is 89.3 cm³/mol. The van der Waals surface area contributed by atoms with E-state index in [0.29, 0.717) is 17.7 Å². The van der Waals surface area contributed by atoms with Crippen LogP contribution in [0, 0.1) is 17.0 Å². The fraction of sp³-hybridized carbons (Fsp3) is 0.278. The van der Waals surface area contributed by atoms with Crippen LogP contribution >= 0.6 is 0 Å². The molecule has 23 heavy (non-hydrogen) atoms. The Morgan fingerprint density at radius 1 is 1.17 bits per heavy atom. The van der Waals surface area contributed by atoms with Crippen molar-refractivity contribution in [1.29, 1.82) is 0 Å². The number of nitro benzene ring substituents is 1. The van der Waals surface area contributed by atoms with Gasteiger partial charge in [0.1, 0.15) is 0 Å². The van der Waals surface area contributed by atoms with Crippen LogP contribution in [0.15, 0.2) is 48.5 Å². The quantitative estimate of drug-likeness (QED) is 0.620. The molecule has 0 heterocycles. The average molecular weight is 312 g/mol. The highest BCUT2D eigenvalue weighted by atomic mass is 16.6. The van der Waals surface area contributed by atoms with Gasteiger partial charge in [-0.15, -0.1) is 0 Å². The van der Waals surface area contributed by atoms with Gasteiger partial charge < -0.3 is 4.90 Å². The molecular weight excluding hydrogens is 292 g/mol. The second-order valence-corrected chi connectivity index (χ2v) is 5.77. The summed E-state index contributed by atoms with van der Waals surface area (Å²) in [7, 11) is 0. The summed E-state index contributed by atoms with van der Waals surface area (Å²) < 4.78 is 0. The highest BCUT2D eigenvalue weighted by Gasteiger charge is 2.22. The Morgan fingerprint density at radius 2 is 1.83 bits per heavy atom. The first-order valence-corrected chi connectivity index (χ1v) is 7.50. The maximum atomic E-state index is 12.8. The van der Waals surface area contributed by atoms with Crippen molar-refractivity contribution in [3.05, 3.63) is 75.3 Å². The zero-order chi connectivity index (χ0) is 17.0. The Morgan fingerprint density at radius 3 is 2.39 bits per heavy atom. The molecule has 0 saturated heterocycles. The third-order valence-electron chi connectivity index (χ3n) is 3.73. The SMILES string of the molecule is Cc1ccc(C(=O)N(Cc2ccccc2)C(C)C)cc1[N+](=O)[O-]. The van der Waals surface area contributed by atoms with Gasteiger partial charge in [-0.2, -0.15) is 0 Å². The molecular formula is C18H20N2O3. The molecule has 5 nitrogen and oxygen atoms in total. The van der Waals surface area contributed by atoms with Gasteiger partial charge in [0.2, 0.25) is 0 Å². The maximum absolute atomic E-state index is 12.8. The van der Waals surface area contributed by atoms with Gasteiger partial charge in [-0.1, -0.05) is 36.4 Å². The van der Waals surface area contributed by atoms with E-state index in [9.17, 15) is 14.9 Å². The maximum Gasteiger partial charge on any atom is 0.273 e. The zero-order valence-corrected chi connectivity index (χ0v) is 13.5. The van der Waals surface area contributed by atoms with E-state index in [1.165, 1.54) is 6.07 Å². The predicted octanol–water partition coefficient (Wildman–Crippen LogP) is 3.95. The Balaban J connectivity index is 2.31. The van der Waals surface area contributed by atoms with Crippen LogP contribution in [-0.2, 0) is 6.54 Å². The normalized spacial score (nSPS) is 10.6. The van der Waals surface area contributed by atoms with Crippen molar-refractivity contribution in [3.63, 3.8) is 0 Å². The molecule has 0 saturated carbocycles. The number of aryl methyl sites for hydroxylation is 1. The minimum atomic E-state index is -0.455. The molecule has 0 aromatic heterocycles. The first-order valence-electron chi connectivity index (χ1n) is 7.50. The third-order valence-corrected chi connectivity index (χ3v) is 3.73. The number of benzene rings is 2. The van der Waals surface area contributed by atoms with Crippen LogP contribution in [0.3, 0.4) is 0 Å². The Kier molecular flexibility index (Phi) is 5.11. The molecule has 0 spiro atoms. The van der Waals surface area contributed by atoms with Crippen molar-refractivity contribution in [2.75, 3.05) is 0 Å². The molecule has 0 bridgehead atoms. The van der Waals surface area contributed by atoms with Crippen LogP contribution in [0.2, 0.25) is 0 Å². The molecule has 0 fully saturated rings. The Labute approximate surface area is 135 Å². The van der Waals surface area contributed by atoms with Crippen LogP contribution in [-0.4, -0.2) is 21.8 Å². The largest absolute Gasteiger partial charge is 0.332 e. The molecule has 2 aromatic rings. The van der Waals surface area contributed by atoms with E-state index < -0.39 is 4.92 Å². The lowest BCUT2D eigenvalue weighted by molar-refractivity contribution is -0.385. The summed E-state index contributed by atoms with van der Waals surface area (Å²) in [5.41, 5.74) is 1.88. The lowest BCUT2D eigenvalue weighted by Crippen LogP contribution is -2.36. The first kappa shape index (κ1) is 16.7. The number of nitrogens with zero attached hydrogens (tertiary/aromatic N) is 2. The van der Waals surface area contributed by atoms with Crippen LogP contribution in [0.5, 0.6) is 0 Å². The third kappa shape index (κ3) is 3.94. The number of carbonyl (C=O) groups is 1. The van der Waals surface area contributed by atoms with Gasteiger partial charge in [0, 0.05) is 29.8 Å². The molecule has 0 aliphatic carbocycles. The molecule has 120 valence electrons. The van der Waals surface area contributed by atoms with Gasteiger partial charge in [-0.25, -0.2) is 0 Å². The summed E-state index contributed by atoms with van der Waals surface area (Å²) in [6.45, 7) is 6.00. The number of nitro groups is 1. The van der Waals surface area contributed by atoms with Crippen molar-refractivity contribution in [1.82, 2.24) is 4.90 Å². The van der Waals surface area contributed by atoms with Crippen molar-refractivity contribution >= 4 is 11.6 Å². The Hall–Kier alpha value is -2.69. The summed E-state index contributed by atoms with van der Waals surface area (Å²) in [5.74, 6) is -0.202. The fourth-order valence-electron chi connectivity index (χ4n) is 2.37. The summed E-state index contributed by atoms with van der Waals surface area (Å²) in [4.78, 5) is 25.1. The van der Waals surface area contributed by atoms with Crippen LogP contribution in [0.25, 0.3) is 0 Å². The van der Waals surface area contributed by atoms with Crippen LogP contribution in [0.1, 0.15) is 35.3 Å². The lowest BCUT2D eigenvalue weighted by atomic mass is 10.1. The number of rotatable bonds is 5. The topological polar surface area (TPSA) is 63.5 Å². The molecule has 0 atom stereocenters. The smallest absolute Gasteiger partial charge is 0.273 e. The molecule has 0 N–H and O–H groups in total. The van der Waals surface area contributed by atoms with Gasteiger partial charge in [0.05, 0.1) is 4.92 Å². The number of amides is 1. The van der Waals surface area contributed by atoms with Gasteiger partial charge in [0.15, 0.2) is 0 Å². The van der Waals surface area contributed by atoms with E-state index >= 15 is 0 Å². The second kappa shape index (κ2) is 7.05. The van der Waals surface area contributed by atoms with E-state index in [0.717, 1.165) is 5.56 Å². The molecule has 0 aliphatic heterocycles. The number of hydrogen-bond donors (Lipinski definition) is 0. The van der Waals surface area contributed by atoms with E-state index in [1.807, 2.05) is 44.2 Å². The molecule has 2 rings (SSSR count). The molecule has 1 amide bonds. The zero-order valence-electron chi connectivity index (χ0n) is 13.5. The monoisotopic (exact) mass is 312 g/mol. The Bertz CT molecular complexity index is 711. The second-order valence-electron chi connectivity index (χ2n) is 5.77. The van der Waals surface area contributed by atoms with Crippen molar-refractivity contribution < 1.29 is 9.72 Å². The summed E-state index contributed by atoms with van der Waals surface area (Å²) in [6, 6.07) is 14.3. The number of hydrogen-bond acceptors (Lipinski definition) is 3.